The molecular weight excluding hydrogens is 310 g/mol. The third-order valence-corrected chi connectivity index (χ3v) is 4.97. The van der Waals surface area contributed by atoms with E-state index in [4.69, 9.17) is 0 Å². The van der Waals surface area contributed by atoms with Gasteiger partial charge in [0.2, 0.25) is 5.91 Å². The first kappa shape index (κ1) is 18.5. The van der Waals surface area contributed by atoms with Crippen LogP contribution < -0.4 is 5.32 Å². The van der Waals surface area contributed by atoms with Crippen LogP contribution in [0.3, 0.4) is 0 Å². The first-order valence-electron chi connectivity index (χ1n) is 9.10. The van der Waals surface area contributed by atoms with Crippen LogP contribution in [-0.4, -0.2) is 65.0 Å². The Hall–Kier alpha value is -1.79. The van der Waals surface area contributed by atoms with Crippen LogP contribution >= 0.6 is 0 Å². The molecule has 0 saturated carbocycles. The number of nitrogens with one attached hydrogen (secondary N) is 1. The van der Waals surface area contributed by atoms with Gasteiger partial charge in [-0.2, -0.15) is 0 Å². The molecule has 2 aliphatic rings. The number of hydrogen-bond acceptors (Lipinski definition) is 3. The maximum atomic E-state index is 12.3. The van der Waals surface area contributed by atoms with Gasteiger partial charge in [-0.15, -0.1) is 0 Å². The largest absolute Gasteiger partial charge is 0.480 e. The molecule has 2 rings (SSSR count). The second-order valence-electron chi connectivity index (χ2n) is 6.78. The van der Waals surface area contributed by atoms with Gasteiger partial charge in [-0.1, -0.05) is 19.8 Å². The summed E-state index contributed by atoms with van der Waals surface area (Å²) in [6.45, 7) is 4.79. The van der Waals surface area contributed by atoms with E-state index in [1.54, 1.807) is 0 Å². The lowest BCUT2D eigenvalue weighted by molar-refractivity contribution is -0.143. The summed E-state index contributed by atoms with van der Waals surface area (Å²) in [5.41, 5.74) is 0. The Morgan fingerprint density at radius 3 is 2.21 bits per heavy atom. The van der Waals surface area contributed by atoms with Gasteiger partial charge >= 0.3 is 12.0 Å². The van der Waals surface area contributed by atoms with Crippen LogP contribution in [0.5, 0.6) is 0 Å². The molecule has 0 aromatic carbocycles. The summed E-state index contributed by atoms with van der Waals surface area (Å²) >= 11 is 0. The van der Waals surface area contributed by atoms with Crippen molar-refractivity contribution in [1.82, 2.24) is 15.1 Å². The van der Waals surface area contributed by atoms with Gasteiger partial charge < -0.3 is 20.2 Å². The molecule has 1 unspecified atom stereocenters. The highest BCUT2D eigenvalue weighted by Gasteiger charge is 2.31. The van der Waals surface area contributed by atoms with Gasteiger partial charge in [0.15, 0.2) is 0 Å². The molecule has 0 bridgehead atoms. The quantitative estimate of drug-likeness (QED) is 0.770. The molecule has 2 saturated heterocycles. The van der Waals surface area contributed by atoms with E-state index in [0.717, 1.165) is 38.8 Å². The predicted octanol–water partition coefficient (Wildman–Crippen LogP) is 1.67. The van der Waals surface area contributed by atoms with E-state index in [1.165, 1.54) is 0 Å². The number of unbranched alkanes of at least 4 members (excludes halogenated alkanes) is 1. The SMILES string of the molecule is CCCCC(NC(=O)C1CCN(C(=O)N2CCCC2)CC1)C(=O)O. The topological polar surface area (TPSA) is 90.0 Å². The second-order valence-corrected chi connectivity index (χ2v) is 6.78. The number of nitrogens with zero attached hydrogens (tertiary/aromatic N) is 2. The fraction of sp³-hybridized carbons (Fsp3) is 0.824. The van der Waals surface area contributed by atoms with Gasteiger partial charge in [-0.3, -0.25) is 4.79 Å². The fourth-order valence-corrected chi connectivity index (χ4v) is 3.40. The molecular formula is C17H29N3O4. The van der Waals surface area contributed by atoms with Crippen LogP contribution in [-0.2, 0) is 9.59 Å². The number of urea groups is 1. The number of aliphatic carboxylic acids is 1. The average Bonchev–Trinajstić information content (AvgIpc) is 3.12. The minimum atomic E-state index is -0.974. The second kappa shape index (κ2) is 8.89. The smallest absolute Gasteiger partial charge is 0.326 e. The molecule has 0 radical (unpaired) electrons. The first-order valence-corrected chi connectivity index (χ1v) is 9.10. The van der Waals surface area contributed by atoms with Crippen molar-refractivity contribution in [2.24, 2.45) is 5.92 Å². The number of amides is 3. The van der Waals surface area contributed by atoms with E-state index in [9.17, 15) is 19.5 Å². The van der Waals surface area contributed by atoms with Crippen LogP contribution in [0.4, 0.5) is 4.79 Å². The number of piperidine rings is 1. The van der Waals surface area contributed by atoms with Gasteiger partial charge in [0.25, 0.3) is 0 Å². The Morgan fingerprint density at radius 1 is 1.08 bits per heavy atom. The average molecular weight is 339 g/mol. The van der Waals surface area contributed by atoms with E-state index in [2.05, 4.69) is 5.32 Å². The molecule has 2 aliphatic heterocycles. The minimum Gasteiger partial charge on any atom is -0.480 e. The van der Waals surface area contributed by atoms with Crippen molar-refractivity contribution in [2.75, 3.05) is 26.2 Å². The molecule has 2 heterocycles. The summed E-state index contributed by atoms with van der Waals surface area (Å²) in [5, 5.41) is 11.9. The van der Waals surface area contributed by atoms with E-state index < -0.39 is 12.0 Å². The fourth-order valence-electron chi connectivity index (χ4n) is 3.40. The Balaban J connectivity index is 1.79. The van der Waals surface area contributed by atoms with Gasteiger partial charge in [0.1, 0.15) is 6.04 Å². The molecule has 24 heavy (non-hydrogen) atoms. The summed E-state index contributed by atoms with van der Waals surface area (Å²) in [6, 6.07) is -0.723. The van der Waals surface area contributed by atoms with E-state index in [0.29, 0.717) is 32.4 Å². The van der Waals surface area contributed by atoms with E-state index >= 15 is 0 Å². The Kier molecular flexibility index (Phi) is 6.87. The van der Waals surface area contributed by atoms with E-state index in [1.807, 2.05) is 16.7 Å². The van der Waals surface area contributed by atoms with Crippen molar-refractivity contribution < 1.29 is 19.5 Å². The first-order chi connectivity index (χ1) is 11.5. The van der Waals surface area contributed by atoms with E-state index in [-0.39, 0.29) is 17.9 Å². The monoisotopic (exact) mass is 339 g/mol. The zero-order valence-corrected chi connectivity index (χ0v) is 14.5. The lowest BCUT2D eigenvalue weighted by Gasteiger charge is -2.34. The van der Waals surface area contributed by atoms with Crippen molar-refractivity contribution in [2.45, 2.75) is 57.9 Å². The number of carbonyl (C=O) groups excluding carboxylic acids is 2. The van der Waals surface area contributed by atoms with Gasteiger partial charge in [-0.05, 0) is 32.1 Å². The molecule has 0 spiro atoms. The van der Waals surface area contributed by atoms with Gasteiger partial charge in [0.05, 0.1) is 0 Å². The summed E-state index contributed by atoms with van der Waals surface area (Å²) in [6.07, 6.45) is 5.48. The molecule has 0 aromatic heterocycles. The number of carboxylic acid groups (broad SMARTS) is 1. The number of carbonyl (C=O) groups is 3. The van der Waals surface area contributed by atoms with Crippen LogP contribution in [0, 0.1) is 5.92 Å². The number of likely N-dealkylation sites (tertiary alicyclic amines) is 2. The van der Waals surface area contributed by atoms with Gasteiger partial charge in [0, 0.05) is 32.1 Å². The maximum absolute atomic E-state index is 12.3. The Bertz CT molecular complexity index is 455. The zero-order valence-electron chi connectivity index (χ0n) is 14.5. The van der Waals surface area contributed by atoms with Crippen molar-refractivity contribution in [3.8, 4) is 0 Å². The third kappa shape index (κ3) is 4.85. The predicted molar refractivity (Wildman–Crippen MR) is 89.6 cm³/mol. The maximum Gasteiger partial charge on any atom is 0.326 e. The van der Waals surface area contributed by atoms with Crippen molar-refractivity contribution in [3.05, 3.63) is 0 Å². The van der Waals surface area contributed by atoms with Crippen molar-refractivity contribution in [3.63, 3.8) is 0 Å². The summed E-state index contributed by atoms with van der Waals surface area (Å²) in [7, 11) is 0. The third-order valence-electron chi connectivity index (χ3n) is 4.97. The van der Waals surface area contributed by atoms with Crippen LogP contribution in [0.25, 0.3) is 0 Å². The van der Waals surface area contributed by atoms with Crippen molar-refractivity contribution in [1.29, 1.82) is 0 Å². The highest BCUT2D eigenvalue weighted by atomic mass is 16.4. The number of hydrogen-bond donors (Lipinski definition) is 2. The van der Waals surface area contributed by atoms with Crippen LogP contribution in [0.1, 0.15) is 51.9 Å². The van der Waals surface area contributed by atoms with Crippen LogP contribution in [0.15, 0.2) is 0 Å². The highest BCUT2D eigenvalue weighted by molar-refractivity contribution is 5.85. The lowest BCUT2D eigenvalue weighted by Crippen LogP contribution is -2.49. The summed E-state index contributed by atoms with van der Waals surface area (Å²) in [5.74, 6) is -1.36. The molecule has 2 N–H and O–H groups in total. The summed E-state index contributed by atoms with van der Waals surface area (Å²) < 4.78 is 0. The molecule has 0 aliphatic carbocycles. The molecule has 1 atom stereocenters. The number of carboxylic acids is 1. The van der Waals surface area contributed by atoms with Crippen LogP contribution in [0.2, 0.25) is 0 Å². The molecule has 7 heteroatoms. The molecule has 7 nitrogen and oxygen atoms in total. The van der Waals surface area contributed by atoms with Gasteiger partial charge in [-0.25, -0.2) is 9.59 Å². The number of rotatable bonds is 6. The molecule has 0 aromatic rings. The molecule has 136 valence electrons. The zero-order chi connectivity index (χ0) is 17.5. The minimum absolute atomic E-state index is 0.0812. The Labute approximate surface area is 143 Å². The lowest BCUT2D eigenvalue weighted by atomic mass is 9.95. The van der Waals surface area contributed by atoms with Crippen molar-refractivity contribution >= 4 is 17.9 Å². The molecule has 2 fully saturated rings. The normalized spacial score (nSPS) is 20.0. The molecule has 3 amide bonds. The highest BCUT2D eigenvalue weighted by Crippen LogP contribution is 2.20. The standard InChI is InChI=1S/C17H29N3O4/c1-2-3-6-14(16(22)23)18-15(21)13-7-11-20(12-8-13)17(24)19-9-4-5-10-19/h13-14H,2-12H2,1H3,(H,18,21)(H,22,23). The summed E-state index contributed by atoms with van der Waals surface area (Å²) in [4.78, 5) is 39.6. The Morgan fingerprint density at radius 2 is 1.67 bits per heavy atom.